The summed E-state index contributed by atoms with van der Waals surface area (Å²) >= 11 is 0. The van der Waals surface area contributed by atoms with E-state index < -0.39 is 12.0 Å². The minimum absolute atomic E-state index is 0.107. The molecule has 1 aliphatic heterocycles. The van der Waals surface area contributed by atoms with Crippen molar-refractivity contribution >= 4 is 28.4 Å². The zero-order chi connectivity index (χ0) is 18.3. The summed E-state index contributed by atoms with van der Waals surface area (Å²) in [5.41, 5.74) is 2.28. The lowest BCUT2D eigenvalue weighted by atomic mass is 9.92. The van der Waals surface area contributed by atoms with Gasteiger partial charge in [-0.05, 0) is 42.0 Å². The van der Waals surface area contributed by atoms with Crippen LogP contribution in [-0.4, -0.2) is 28.7 Å². The largest absolute Gasteiger partial charge is 0.361 e. The smallest absolute Gasteiger partial charge is 0.230 e. The second-order valence-electron chi connectivity index (χ2n) is 6.58. The molecule has 132 valence electrons. The molecule has 0 saturated carbocycles. The number of carbonyl (C=O) groups excluding carboxylic acids is 2. The Kier molecular flexibility index (Phi) is 3.95. The summed E-state index contributed by atoms with van der Waals surface area (Å²) in [4.78, 5) is 29.7. The van der Waals surface area contributed by atoms with E-state index in [1.165, 1.54) is 17.0 Å². The second-order valence-corrected chi connectivity index (χ2v) is 6.58. The molecule has 5 nitrogen and oxygen atoms in total. The molecule has 1 aliphatic rings. The summed E-state index contributed by atoms with van der Waals surface area (Å²) in [7, 11) is 1.65. The number of hydrogen-bond acceptors (Lipinski definition) is 2. The van der Waals surface area contributed by atoms with Gasteiger partial charge in [-0.3, -0.25) is 9.59 Å². The molecule has 26 heavy (non-hydrogen) atoms. The highest BCUT2D eigenvalue weighted by molar-refractivity contribution is 5.99. The average molecular weight is 351 g/mol. The quantitative estimate of drug-likeness (QED) is 0.759. The van der Waals surface area contributed by atoms with Crippen LogP contribution in [0, 0.1) is 11.7 Å². The average Bonchev–Trinajstić information content (AvgIpc) is 3.19. The van der Waals surface area contributed by atoms with E-state index in [1.54, 1.807) is 19.2 Å². The van der Waals surface area contributed by atoms with Gasteiger partial charge >= 0.3 is 0 Å². The van der Waals surface area contributed by atoms with Crippen molar-refractivity contribution in [1.82, 2.24) is 9.88 Å². The number of aromatic amines is 1. The van der Waals surface area contributed by atoms with Gasteiger partial charge in [-0.1, -0.05) is 12.1 Å². The monoisotopic (exact) mass is 351 g/mol. The van der Waals surface area contributed by atoms with E-state index >= 15 is 0 Å². The molecule has 2 atom stereocenters. The minimum atomic E-state index is -0.573. The number of amides is 2. The number of halogens is 1. The summed E-state index contributed by atoms with van der Waals surface area (Å²) in [5, 5.41) is 3.89. The lowest BCUT2D eigenvalue weighted by Gasteiger charge is -2.25. The third kappa shape index (κ3) is 2.83. The molecule has 1 aromatic heterocycles. The van der Waals surface area contributed by atoms with Gasteiger partial charge in [0, 0.05) is 36.3 Å². The van der Waals surface area contributed by atoms with E-state index in [-0.39, 0.29) is 24.1 Å². The fraction of sp³-hybridized carbons (Fsp3) is 0.200. The molecule has 0 unspecified atom stereocenters. The van der Waals surface area contributed by atoms with Crippen molar-refractivity contribution in [3.8, 4) is 0 Å². The van der Waals surface area contributed by atoms with Gasteiger partial charge in [0.05, 0.1) is 12.0 Å². The normalized spacial score (nSPS) is 19.9. The molecule has 2 aromatic carbocycles. The summed E-state index contributed by atoms with van der Waals surface area (Å²) in [6.07, 6.45) is 1.94. The number of hydrogen-bond donors (Lipinski definition) is 2. The van der Waals surface area contributed by atoms with Crippen molar-refractivity contribution in [2.24, 2.45) is 5.92 Å². The van der Waals surface area contributed by atoms with Crippen LogP contribution in [0.4, 0.5) is 10.1 Å². The first-order valence-corrected chi connectivity index (χ1v) is 8.42. The Balaban J connectivity index is 1.61. The summed E-state index contributed by atoms with van der Waals surface area (Å²) in [6, 6.07) is 13.1. The van der Waals surface area contributed by atoms with Crippen LogP contribution in [-0.2, 0) is 9.59 Å². The highest BCUT2D eigenvalue weighted by Gasteiger charge is 2.42. The van der Waals surface area contributed by atoms with Crippen LogP contribution in [0.15, 0.2) is 54.7 Å². The summed E-state index contributed by atoms with van der Waals surface area (Å²) in [6.45, 7) is 0. The Labute approximate surface area is 149 Å². The molecule has 2 heterocycles. The maximum absolute atomic E-state index is 13.6. The van der Waals surface area contributed by atoms with E-state index in [9.17, 15) is 14.0 Å². The van der Waals surface area contributed by atoms with Crippen LogP contribution in [0.1, 0.15) is 18.0 Å². The SMILES string of the molecule is CN1C(=O)C[C@H](C(=O)Nc2ccc3[nH]ccc3c2)[C@H]1c1cccc(F)c1. The maximum Gasteiger partial charge on any atom is 0.230 e. The number of carbonyl (C=O) groups is 2. The molecule has 0 spiro atoms. The van der Waals surface area contributed by atoms with Gasteiger partial charge in [-0.15, -0.1) is 0 Å². The fourth-order valence-electron chi connectivity index (χ4n) is 3.62. The van der Waals surface area contributed by atoms with Crippen LogP contribution in [0.3, 0.4) is 0 Å². The van der Waals surface area contributed by atoms with E-state index in [0.717, 1.165) is 10.9 Å². The van der Waals surface area contributed by atoms with E-state index in [0.29, 0.717) is 11.3 Å². The van der Waals surface area contributed by atoms with E-state index in [2.05, 4.69) is 10.3 Å². The van der Waals surface area contributed by atoms with Crippen molar-refractivity contribution in [3.05, 3.63) is 66.1 Å². The summed E-state index contributed by atoms with van der Waals surface area (Å²) in [5.74, 6) is -1.32. The van der Waals surface area contributed by atoms with Gasteiger partial charge in [0.15, 0.2) is 0 Å². The Morgan fingerprint density at radius 1 is 1.23 bits per heavy atom. The molecule has 0 aliphatic carbocycles. The molecular weight excluding hydrogens is 333 g/mol. The van der Waals surface area contributed by atoms with Gasteiger partial charge in [0.1, 0.15) is 5.82 Å². The number of rotatable bonds is 3. The number of likely N-dealkylation sites (tertiary alicyclic amines) is 1. The fourth-order valence-corrected chi connectivity index (χ4v) is 3.62. The molecule has 1 saturated heterocycles. The number of anilines is 1. The molecule has 4 rings (SSSR count). The zero-order valence-electron chi connectivity index (χ0n) is 14.2. The molecule has 3 aromatic rings. The van der Waals surface area contributed by atoms with E-state index in [4.69, 9.17) is 0 Å². The predicted octanol–water partition coefficient (Wildman–Crippen LogP) is 3.47. The lowest BCUT2D eigenvalue weighted by molar-refractivity contribution is -0.128. The third-order valence-corrected chi connectivity index (χ3v) is 4.93. The van der Waals surface area contributed by atoms with Crippen molar-refractivity contribution in [3.63, 3.8) is 0 Å². The molecule has 6 heteroatoms. The topological polar surface area (TPSA) is 65.2 Å². The molecule has 2 N–H and O–H groups in total. The first-order valence-electron chi connectivity index (χ1n) is 8.42. The Hall–Kier alpha value is -3.15. The Bertz CT molecular complexity index is 997. The molecule has 0 bridgehead atoms. The van der Waals surface area contributed by atoms with Crippen LogP contribution in [0.25, 0.3) is 10.9 Å². The van der Waals surface area contributed by atoms with Gasteiger partial charge in [0.2, 0.25) is 11.8 Å². The standard InChI is InChI=1S/C20H18FN3O2/c1-24-18(25)11-16(19(24)13-3-2-4-14(21)9-13)20(26)23-15-5-6-17-12(10-15)7-8-22-17/h2-10,16,19,22H,11H2,1H3,(H,23,26)/t16-,19+/m0/s1. The zero-order valence-corrected chi connectivity index (χ0v) is 14.2. The minimum Gasteiger partial charge on any atom is -0.361 e. The van der Waals surface area contributed by atoms with Crippen molar-refractivity contribution in [2.45, 2.75) is 12.5 Å². The van der Waals surface area contributed by atoms with Gasteiger partial charge < -0.3 is 15.2 Å². The van der Waals surface area contributed by atoms with Crippen LogP contribution >= 0.6 is 0 Å². The van der Waals surface area contributed by atoms with Gasteiger partial charge in [-0.25, -0.2) is 4.39 Å². The van der Waals surface area contributed by atoms with Crippen LogP contribution < -0.4 is 5.32 Å². The number of nitrogens with zero attached hydrogens (tertiary/aromatic N) is 1. The molecule has 0 radical (unpaired) electrons. The molecule has 1 fully saturated rings. The highest BCUT2D eigenvalue weighted by atomic mass is 19.1. The molecular formula is C20H18FN3O2. The Morgan fingerprint density at radius 2 is 2.08 bits per heavy atom. The highest BCUT2D eigenvalue weighted by Crippen LogP contribution is 2.38. The third-order valence-electron chi connectivity index (χ3n) is 4.93. The van der Waals surface area contributed by atoms with E-state index in [1.807, 2.05) is 30.5 Å². The summed E-state index contributed by atoms with van der Waals surface area (Å²) < 4.78 is 13.6. The van der Waals surface area contributed by atoms with Crippen LogP contribution in [0.2, 0.25) is 0 Å². The Morgan fingerprint density at radius 3 is 2.88 bits per heavy atom. The van der Waals surface area contributed by atoms with Crippen LogP contribution in [0.5, 0.6) is 0 Å². The predicted molar refractivity (Wildman–Crippen MR) is 96.9 cm³/mol. The number of H-pyrrole nitrogens is 1. The van der Waals surface area contributed by atoms with Crippen molar-refractivity contribution in [1.29, 1.82) is 0 Å². The number of aromatic nitrogens is 1. The molecule has 2 amide bonds. The second kappa shape index (κ2) is 6.29. The van der Waals surface area contributed by atoms with Gasteiger partial charge in [0.25, 0.3) is 0 Å². The first kappa shape index (κ1) is 16.3. The van der Waals surface area contributed by atoms with Gasteiger partial charge in [-0.2, -0.15) is 0 Å². The number of benzene rings is 2. The number of fused-ring (bicyclic) bond motifs is 1. The number of nitrogens with one attached hydrogen (secondary N) is 2. The van der Waals surface area contributed by atoms with Crippen molar-refractivity contribution < 1.29 is 14.0 Å². The maximum atomic E-state index is 13.6. The van der Waals surface area contributed by atoms with Crippen molar-refractivity contribution in [2.75, 3.05) is 12.4 Å². The lowest BCUT2D eigenvalue weighted by Crippen LogP contribution is -2.30. The first-order chi connectivity index (χ1) is 12.5.